The first-order valence-corrected chi connectivity index (χ1v) is 4.82. The fourth-order valence-corrected chi connectivity index (χ4v) is 0.385. The van der Waals surface area contributed by atoms with E-state index in [1.165, 1.54) is 0 Å². The predicted molar refractivity (Wildman–Crippen MR) is 38.1 cm³/mol. The van der Waals surface area contributed by atoms with Crippen LogP contribution in [0.3, 0.4) is 0 Å². The molecule has 0 fully saturated rings. The topological polar surface area (TPSA) is 0 Å². The summed E-state index contributed by atoms with van der Waals surface area (Å²) < 4.78 is 0. The molecule has 0 saturated heterocycles. The Balaban J connectivity index is 0.000000187. The van der Waals surface area contributed by atoms with E-state index < -0.39 is 0 Å². The smallest absolute Gasteiger partial charge is 0.0623 e. The minimum absolute atomic E-state index is 0.757. The van der Waals surface area contributed by atoms with Gasteiger partial charge in [0.15, 0.2) is 0 Å². The van der Waals surface area contributed by atoms with E-state index in [9.17, 15) is 0 Å². The fourth-order valence-electron chi connectivity index (χ4n) is 0.385. The van der Waals surface area contributed by atoms with Gasteiger partial charge in [-0.15, -0.1) is 0 Å². The first kappa shape index (κ1) is 9.32. The van der Waals surface area contributed by atoms with E-state index in [-0.39, 0.29) is 0 Å². The maximum atomic E-state index is 4.67. The van der Waals surface area contributed by atoms with Crippen LogP contribution in [-0.4, -0.2) is 0 Å². The Morgan fingerprint density at radius 1 is 0.667 bits per heavy atom. The first-order chi connectivity index (χ1) is 4.41. The predicted octanol–water partition coefficient (Wildman–Crippen LogP) is 3.06. The third kappa shape index (κ3) is 8.32. The average molecular weight is 213 g/mol. The van der Waals surface area contributed by atoms with Crippen LogP contribution in [0.2, 0.25) is 0 Å². The van der Waals surface area contributed by atoms with Gasteiger partial charge in [-0.1, -0.05) is 36.4 Å². The summed E-state index contributed by atoms with van der Waals surface area (Å²) in [5, 5.41) is 0. The Morgan fingerprint density at radius 3 is 0.889 bits per heavy atom. The van der Waals surface area contributed by atoms with Crippen molar-refractivity contribution in [3.63, 3.8) is 0 Å². The second kappa shape index (κ2) is 8.32. The number of hydrogen-bond acceptors (Lipinski definition) is 0. The van der Waals surface area contributed by atoms with Gasteiger partial charge in [0.05, 0.1) is 0 Å². The van der Waals surface area contributed by atoms with Crippen molar-refractivity contribution in [2.24, 2.45) is 0 Å². The van der Waals surface area contributed by atoms with E-state index in [0.29, 0.717) is 0 Å². The molecular weight excluding hydrogens is 207 g/mol. The molecule has 3 heteroatoms. The molecule has 0 saturated carbocycles. The summed E-state index contributed by atoms with van der Waals surface area (Å²) in [7, 11) is 9.34. The fraction of sp³-hybridized carbons (Fsp3) is 0. The molecule has 0 aliphatic carbocycles. The Kier molecular flexibility index (Phi) is 8.61. The summed E-state index contributed by atoms with van der Waals surface area (Å²) in [6.45, 7) is 0. The van der Waals surface area contributed by atoms with Crippen LogP contribution in [0, 0.1) is 0 Å². The standard InChI is InChI=1S/C6H6.2ClH.Cu/c1-2-4-6-5-3-1;;;/h1-6H;2*1H;/q;;;+2/p-2. The van der Waals surface area contributed by atoms with Crippen molar-refractivity contribution in [3.05, 3.63) is 36.4 Å². The van der Waals surface area contributed by atoms with Gasteiger partial charge in [-0.05, 0) is 0 Å². The van der Waals surface area contributed by atoms with Gasteiger partial charge in [0.1, 0.15) is 0 Å². The van der Waals surface area contributed by atoms with Crippen LogP contribution in [0.5, 0.6) is 0 Å². The summed E-state index contributed by atoms with van der Waals surface area (Å²) in [6.07, 6.45) is 0. The van der Waals surface area contributed by atoms with Crippen LogP contribution in [0.1, 0.15) is 0 Å². The van der Waals surface area contributed by atoms with E-state index in [0.717, 1.165) is 13.1 Å². The number of hydrogen-bond donors (Lipinski definition) is 0. The Hall–Kier alpha value is 0.319. The Labute approximate surface area is 69.8 Å². The van der Waals surface area contributed by atoms with E-state index in [1.54, 1.807) is 0 Å². The van der Waals surface area contributed by atoms with Gasteiger partial charge in [-0.2, -0.15) is 0 Å². The summed E-state index contributed by atoms with van der Waals surface area (Å²) in [4.78, 5) is 0. The maximum absolute atomic E-state index is 4.67. The second-order valence-corrected chi connectivity index (χ2v) is 2.75. The Morgan fingerprint density at radius 2 is 0.778 bits per heavy atom. The van der Waals surface area contributed by atoms with Gasteiger partial charge in [0.25, 0.3) is 0 Å². The summed E-state index contributed by atoms with van der Waals surface area (Å²) in [5.74, 6) is 0. The van der Waals surface area contributed by atoms with E-state index in [1.807, 2.05) is 36.4 Å². The molecule has 0 radical (unpaired) electrons. The summed E-state index contributed by atoms with van der Waals surface area (Å²) in [5.41, 5.74) is 0. The van der Waals surface area contributed by atoms with Crippen LogP contribution in [0.15, 0.2) is 36.4 Å². The Bertz CT molecular complexity index is 93.9. The monoisotopic (exact) mass is 211 g/mol. The van der Waals surface area contributed by atoms with Crippen molar-refractivity contribution in [2.45, 2.75) is 0 Å². The zero-order valence-corrected chi connectivity index (χ0v) is 6.98. The zero-order valence-electron chi connectivity index (χ0n) is 4.52. The quantitative estimate of drug-likeness (QED) is 0.580. The minimum Gasteiger partial charge on any atom is -0.0623 e. The molecule has 1 aromatic rings. The molecule has 0 spiro atoms. The van der Waals surface area contributed by atoms with Crippen molar-refractivity contribution >= 4 is 20.2 Å². The van der Waals surface area contributed by atoms with Gasteiger partial charge in [0.2, 0.25) is 0 Å². The number of rotatable bonds is 0. The van der Waals surface area contributed by atoms with Crippen LogP contribution in [0.25, 0.3) is 0 Å². The molecule has 1 aromatic carbocycles. The maximum Gasteiger partial charge on any atom is -0.0623 e. The number of benzene rings is 1. The molecule has 0 atom stereocenters. The van der Waals surface area contributed by atoms with E-state index >= 15 is 0 Å². The zero-order chi connectivity index (χ0) is 6.95. The third-order valence-electron chi connectivity index (χ3n) is 0.667. The minimum atomic E-state index is 0.757. The largest absolute Gasteiger partial charge is 0.0623 e. The van der Waals surface area contributed by atoms with Gasteiger partial charge in [-0.25, -0.2) is 0 Å². The summed E-state index contributed by atoms with van der Waals surface area (Å²) >= 11 is 0.757. The van der Waals surface area contributed by atoms with E-state index in [4.69, 9.17) is 0 Å². The molecule has 1 rings (SSSR count). The molecule has 0 amide bonds. The van der Waals surface area contributed by atoms with Crippen LogP contribution < -0.4 is 0 Å². The molecule has 55 valence electrons. The molecule has 0 bridgehead atoms. The molecule has 0 unspecified atom stereocenters. The molecule has 0 aliphatic heterocycles. The van der Waals surface area contributed by atoms with E-state index in [2.05, 4.69) is 20.2 Å². The van der Waals surface area contributed by atoms with Gasteiger partial charge in [-0.3, -0.25) is 0 Å². The van der Waals surface area contributed by atoms with Crippen molar-refractivity contribution < 1.29 is 13.1 Å². The van der Waals surface area contributed by atoms with Crippen molar-refractivity contribution in [2.75, 3.05) is 0 Å². The third-order valence-corrected chi connectivity index (χ3v) is 0.667. The molecule has 0 aliphatic rings. The SMILES string of the molecule is [Cl][Cu][Cl].c1ccccc1. The van der Waals surface area contributed by atoms with Gasteiger partial charge < -0.3 is 0 Å². The molecule has 0 nitrogen and oxygen atoms in total. The van der Waals surface area contributed by atoms with Gasteiger partial charge >= 0.3 is 33.3 Å². The normalized spacial score (nSPS) is 7.78. The van der Waals surface area contributed by atoms with Crippen molar-refractivity contribution in [1.82, 2.24) is 0 Å². The van der Waals surface area contributed by atoms with Crippen molar-refractivity contribution in [1.29, 1.82) is 0 Å². The van der Waals surface area contributed by atoms with Crippen molar-refractivity contribution in [3.8, 4) is 0 Å². The van der Waals surface area contributed by atoms with Gasteiger partial charge in [0, 0.05) is 0 Å². The van der Waals surface area contributed by atoms with Crippen LogP contribution >= 0.6 is 20.2 Å². The van der Waals surface area contributed by atoms with Crippen LogP contribution in [-0.2, 0) is 13.1 Å². The number of halogens is 2. The average Bonchev–Trinajstić information content (AvgIpc) is 1.93. The molecule has 0 aromatic heterocycles. The van der Waals surface area contributed by atoms with Crippen LogP contribution in [0.4, 0.5) is 0 Å². The molecule has 9 heavy (non-hydrogen) atoms. The first-order valence-electron chi connectivity index (χ1n) is 2.23. The summed E-state index contributed by atoms with van der Waals surface area (Å²) in [6, 6.07) is 12.0. The second-order valence-electron chi connectivity index (χ2n) is 1.20. The molecule has 0 heterocycles. The molecule has 0 N–H and O–H groups in total. The molecular formula is C6H6Cl2Cu.